The molecule has 3 aromatic rings. The number of halogens is 1. The molecule has 1 amide bonds. The van der Waals surface area contributed by atoms with Crippen LogP contribution >= 0.6 is 11.6 Å². The zero-order valence-electron chi connectivity index (χ0n) is 18.5. The standard InChI is InChI=1S/C26H25ClN2O3S/c1-29(2)33(31,32)17-11-12-24(27)23(14-17)26(30)28-15-16-13-22-18-7-3-5-9-20(18)25(16)21-10-6-4-8-19(21)22/h3-12,14,16,22,25H,13,15H2,1-2H3,(H,28,30). The number of amides is 1. The first-order valence-corrected chi connectivity index (χ1v) is 12.8. The lowest BCUT2D eigenvalue weighted by Gasteiger charge is -2.45. The van der Waals surface area contributed by atoms with Gasteiger partial charge in [-0.25, -0.2) is 12.7 Å². The van der Waals surface area contributed by atoms with Crippen LogP contribution in [-0.2, 0) is 10.0 Å². The highest BCUT2D eigenvalue weighted by Gasteiger charge is 2.42. The summed E-state index contributed by atoms with van der Waals surface area (Å²) in [6.45, 7) is 0.490. The minimum absolute atomic E-state index is 0.0432. The van der Waals surface area contributed by atoms with Gasteiger partial charge >= 0.3 is 0 Å². The molecule has 3 aromatic carbocycles. The molecule has 2 bridgehead atoms. The minimum atomic E-state index is -3.66. The van der Waals surface area contributed by atoms with Crippen LogP contribution in [0.3, 0.4) is 0 Å². The first-order chi connectivity index (χ1) is 15.8. The van der Waals surface area contributed by atoms with E-state index in [1.54, 1.807) is 0 Å². The number of rotatable bonds is 5. The normalized spacial score (nSPS) is 20.9. The molecule has 0 heterocycles. The monoisotopic (exact) mass is 480 g/mol. The van der Waals surface area contributed by atoms with Crippen LogP contribution in [-0.4, -0.2) is 39.3 Å². The summed E-state index contributed by atoms with van der Waals surface area (Å²) in [5, 5.41) is 3.26. The van der Waals surface area contributed by atoms with Crippen LogP contribution in [0, 0.1) is 5.92 Å². The fourth-order valence-electron chi connectivity index (χ4n) is 5.33. The van der Waals surface area contributed by atoms with E-state index in [2.05, 4.69) is 53.8 Å². The van der Waals surface area contributed by atoms with Gasteiger partial charge in [-0.05, 0) is 52.8 Å². The predicted octanol–water partition coefficient (Wildman–Crippen LogP) is 4.62. The Hall–Kier alpha value is -2.67. The van der Waals surface area contributed by atoms with Gasteiger partial charge in [-0.3, -0.25) is 4.79 Å². The summed E-state index contributed by atoms with van der Waals surface area (Å²) in [6, 6.07) is 21.4. The number of nitrogens with zero attached hydrogens (tertiary/aromatic N) is 1. The summed E-state index contributed by atoms with van der Waals surface area (Å²) in [4.78, 5) is 13.1. The zero-order valence-corrected chi connectivity index (χ0v) is 20.0. The van der Waals surface area contributed by atoms with Crippen LogP contribution < -0.4 is 5.32 Å². The highest BCUT2D eigenvalue weighted by atomic mass is 35.5. The molecule has 0 spiro atoms. The van der Waals surface area contributed by atoms with Crippen LogP contribution in [0.4, 0.5) is 0 Å². The zero-order chi connectivity index (χ0) is 23.3. The van der Waals surface area contributed by atoms with Crippen LogP contribution in [0.5, 0.6) is 0 Å². The van der Waals surface area contributed by atoms with Crippen molar-refractivity contribution in [1.82, 2.24) is 9.62 Å². The van der Waals surface area contributed by atoms with Gasteiger partial charge in [0.15, 0.2) is 0 Å². The summed E-state index contributed by atoms with van der Waals surface area (Å²) in [7, 11) is -0.753. The molecular formula is C26H25ClN2O3S. The molecule has 0 saturated carbocycles. The maximum atomic E-state index is 13.1. The Balaban J connectivity index is 1.41. The second-order valence-corrected chi connectivity index (χ2v) is 11.5. The molecule has 0 fully saturated rings. The third-order valence-corrected chi connectivity index (χ3v) is 9.05. The molecule has 0 radical (unpaired) electrons. The molecule has 170 valence electrons. The number of nitrogens with one attached hydrogen (secondary N) is 1. The van der Waals surface area contributed by atoms with Gasteiger partial charge in [-0.15, -0.1) is 0 Å². The van der Waals surface area contributed by atoms with E-state index in [9.17, 15) is 13.2 Å². The number of benzene rings is 3. The molecule has 6 rings (SSSR count). The van der Waals surface area contributed by atoms with Crippen LogP contribution in [0.15, 0.2) is 71.6 Å². The number of carbonyl (C=O) groups excluding carboxylic acids is 1. The number of hydrogen-bond donors (Lipinski definition) is 1. The van der Waals surface area contributed by atoms with E-state index in [1.165, 1.54) is 54.5 Å². The van der Waals surface area contributed by atoms with Crippen LogP contribution in [0.1, 0.15) is 50.9 Å². The maximum absolute atomic E-state index is 13.1. The highest BCUT2D eigenvalue weighted by molar-refractivity contribution is 7.89. The first kappa shape index (κ1) is 22.1. The van der Waals surface area contributed by atoms with Gasteiger partial charge in [0.05, 0.1) is 15.5 Å². The Labute approximate surface area is 199 Å². The van der Waals surface area contributed by atoms with Crippen molar-refractivity contribution < 1.29 is 13.2 Å². The lowest BCUT2D eigenvalue weighted by molar-refractivity contribution is 0.0943. The molecule has 1 N–H and O–H groups in total. The van der Waals surface area contributed by atoms with E-state index in [0.29, 0.717) is 12.5 Å². The van der Waals surface area contributed by atoms with Crippen molar-refractivity contribution in [1.29, 1.82) is 0 Å². The maximum Gasteiger partial charge on any atom is 0.252 e. The van der Waals surface area contributed by atoms with Gasteiger partial charge in [0.25, 0.3) is 5.91 Å². The SMILES string of the molecule is CN(C)S(=O)(=O)c1ccc(Cl)c(C(=O)NCC2CC3c4ccccc4C2c2ccccc23)c1. The number of fused-ring (bicyclic) bond motifs is 1. The average molecular weight is 481 g/mol. The van der Waals surface area contributed by atoms with Crippen molar-refractivity contribution in [2.75, 3.05) is 20.6 Å². The van der Waals surface area contributed by atoms with Gasteiger partial charge in [-0.2, -0.15) is 0 Å². The summed E-state index contributed by atoms with van der Waals surface area (Å²) in [6.07, 6.45) is 0.960. The van der Waals surface area contributed by atoms with Crippen LogP contribution in [0.2, 0.25) is 5.02 Å². The average Bonchev–Trinajstić information content (AvgIpc) is 2.82. The Bertz CT molecular complexity index is 1310. The summed E-state index contributed by atoms with van der Waals surface area (Å²) in [5.74, 6) is 0.426. The quantitative estimate of drug-likeness (QED) is 0.579. The summed E-state index contributed by atoms with van der Waals surface area (Å²) in [5.41, 5.74) is 5.61. The molecule has 33 heavy (non-hydrogen) atoms. The largest absolute Gasteiger partial charge is 0.352 e. The van der Waals surface area contributed by atoms with Gasteiger partial charge < -0.3 is 5.32 Å². The molecule has 3 aliphatic carbocycles. The molecule has 0 saturated heterocycles. The van der Waals surface area contributed by atoms with E-state index >= 15 is 0 Å². The molecule has 5 nitrogen and oxygen atoms in total. The number of hydrogen-bond acceptors (Lipinski definition) is 3. The van der Waals surface area contributed by atoms with Crippen molar-refractivity contribution in [3.05, 3.63) is 99.6 Å². The highest BCUT2D eigenvalue weighted by Crippen LogP contribution is 2.55. The van der Waals surface area contributed by atoms with E-state index < -0.39 is 10.0 Å². The van der Waals surface area contributed by atoms with Crippen molar-refractivity contribution in [3.8, 4) is 0 Å². The van der Waals surface area contributed by atoms with Crippen molar-refractivity contribution in [2.24, 2.45) is 5.92 Å². The van der Waals surface area contributed by atoms with Crippen molar-refractivity contribution in [3.63, 3.8) is 0 Å². The topological polar surface area (TPSA) is 66.5 Å². The lowest BCUT2D eigenvalue weighted by atomic mass is 9.59. The number of carbonyl (C=O) groups is 1. The van der Waals surface area contributed by atoms with Gasteiger partial charge in [-0.1, -0.05) is 60.1 Å². The third-order valence-electron chi connectivity index (χ3n) is 6.91. The predicted molar refractivity (Wildman–Crippen MR) is 129 cm³/mol. The summed E-state index contributed by atoms with van der Waals surface area (Å²) >= 11 is 6.27. The minimum Gasteiger partial charge on any atom is -0.352 e. The lowest BCUT2D eigenvalue weighted by Crippen LogP contribution is -2.39. The third kappa shape index (κ3) is 3.66. The fraction of sp³-hybridized carbons (Fsp3) is 0.269. The molecule has 1 unspecified atom stereocenters. The van der Waals surface area contributed by atoms with E-state index in [-0.39, 0.29) is 33.2 Å². The first-order valence-electron chi connectivity index (χ1n) is 11.0. The van der Waals surface area contributed by atoms with Gasteiger partial charge in [0, 0.05) is 32.5 Å². The molecule has 0 aromatic heterocycles. The molecule has 1 atom stereocenters. The van der Waals surface area contributed by atoms with E-state index in [4.69, 9.17) is 11.6 Å². The summed E-state index contributed by atoms with van der Waals surface area (Å²) < 4.78 is 26.1. The Kier molecular flexibility index (Phi) is 5.55. The Morgan fingerprint density at radius 1 is 0.970 bits per heavy atom. The van der Waals surface area contributed by atoms with Crippen LogP contribution in [0.25, 0.3) is 0 Å². The van der Waals surface area contributed by atoms with Gasteiger partial charge in [0.1, 0.15) is 0 Å². The Morgan fingerprint density at radius 3 is 2.12 bits per heavy atom. The van der Waals surface area contributed by atoms with E-state index in [1.807, 2.05) is 0 Å². The van der Waals surface area contributed by atoms with Crippen molar-refractivity contribution in [2.45, 2.75) is 23.2 Å². The van der Waals surface area contributed by atoms with Gasteiger partial charge in [0.2, 0.25) is 10.0 Å². The molecule has 7 heteroatoms. The second kappa shape index (κ2) is 8.28. The second-order valence-electron chi connectivity index (χ2n) is 8.92. The Morgan fingerprint density at radius 2 is 1.55 bits per heavy atom. The van der Waals surface area contributed by atoms with E-state index in [0.717, 1.165) is 10.7 Å². The molecular weight excluding hydrogens is 456 g/mol. The fourth-order valence-corrected chi connectivity index (χ4v) is 6.46. The number of sulfonamides is 1. The molecule has 0 aliphatic heterocycles. The smallest absolute Gasteiger partial charge is 0.252 e. The van der Waals surface area contributed by atoms with Crippen molar-refractivity contribution >= 4 is 27.5 Å². The molecule has 3 aliphatic rings.